The van der Waals surface area contributed by atoms with Crippen molar-refractivity contribution in [1.29, 1.82) is 0 Å². The molecular weight excluding hydrogens is 258 g/mol. The summed E-state index contributed by atoms with van der Waals surface area (Å²) >= 11 is 5.07. The van der Waals surface area contributed by atoms with Gasteiger partial charge in [0.05, 0.1) is 11.0 Å². The standard InChI is InChI=1S/C9H9N3OS.C5H12/c10-8(13)5-12-7-4-2-1-3-6(7)11-9(12)14;1-4-5(2)3/h1-4H,5H2,(H2,10,13)(H,11,14);5H,4H2,1-3H3. The summed E-state index contributed by atoms with van der Waals surface area (Å²) in [5, 5.41) is 0. The average molecular weight is 279 g/mol. The molecule has 1 heterocycles. The second-order valence-corrected chi connectivity index (χ2v) is 5.19. The van der Waals surface area contributed by atoms with E-state index in [9.17, 15) is 4.79 Å². The molecule has 0 aliphatic rings. The number of rotatable bonds is 3. The first-order chi connectivity index (χ1) is 8.95. The number of carbonyl (C=O) groups is 1. The maximum atomic E-state index is 10.8. The number of aromatic nitrogens is 2. The van der Waals surface area contributed by atoms with Crippen LogP contribution in [0, 0.1) is 10.7 Å². The number of aromatic amines is 1. The van der Waals surface area contributed by atoms with Crippen molar-refractivity contribution >= 4 is 29.2 Å². The number of amides is 1. The topological polar surface area (TPSA) is 63.8 Å². The molecule has 0 bridgehead atoms. The molecular formula is C14H21N3OS. The summed E-state index contributed by atoms with van der Waals surface area (Å²) < 4.78 is 2.21. The average Bonchev–Trinajstić information content (AvgIpc) is 2.66. The zero-order valence-corrected chi connectivity index (χ0v) is 12.5. The lowest BCUT2D eigenvalue weighted by Gasteiger charge is -1.99. The highest BCUT2D eigenvalue weighted by molar-refractivity contribution is 7.71. The lowest BCUT2D eigenvalue weighted by Crippen LogP contribution is -2.18. The van der Waals surface area contributed by atoms with E-state index in [4.69, 9.17) is 18.0 Å². The van der Waals surface area contributed by atoms with Crippen LogP contribution in [0.2, 0.25) is 0 Å². The van der Waals surface area contributed by atoms with E-state index in [0.29, 0.717) is 4.77 Å². The van der Waals surface area contributed by atoms with E-state index in [2.05, 4.69) is 25.8 Å². The largest absolute Gasteiger partial charge is 0.368 e. The number of nitrogens with zero attached hydrogens (tertiary/aromatic N) is 1. The predicted octanol–water partition coefficient (Wildman–Crippen LogP) is 3.24. The van der Waals surface area contributed by atoms with E-state index in [-0.39, 0.29) is 6.54 Å². The molecule has 0 spiro atoms. The van der Waals surface area contributed by atoms with E-state index in [1.807, 2.05) is 24.3 Å². The summed E-state index contributed by atoms with van der Waals surface area (Å²) in [4.78, 5) is 13.8. The van der Waals surface area contributed by atoms with E-state index in [1.165, 1.54) is 6.42 Å². The lowest BCUT2D eigenvalue weighted by atomic mass is 10.2. The van der Waals surface area contributed by atoms with Gasteiger partial charge in [-0.2, -0.15) is 0 Å². The third kappa shape index (κ3) is 4.52. The quantitative estimate of drug-likeness (QED) is 0.847. The number of H-pyrrole nitrogens is 1. The number of primary amides is 1. The Morgan fingerprint density at radius 2 is 2.00 bits per heavy atom. The highest BCUT2D eigenvalue weighted by Crippen LogP contribution is 2.12. The van der Waals surface area contributed by atoms with Crippen molar-refractivity contribution in [3.63, 3.8) is 0 Å². The van der Waals surface area contributed by atoms with Crippen LogP contribution < -0.4 is 5.73 Å². The molecule has 0 saturated carbocycles. The van der Waals surface area contributed by atoms with Gasteiger partial charge in [-0.25, -0.2) is 0 Å². The van der Waals surface area contributed by atoms with Crippen molar-refractivity contribution in [3.05, 3.63) is 29.0 Å². The van der Waals surface area contributed by atoms with Crippen LogP contribution in [0.4, 0.5) is 0 Å². The van der Waals surface area contributed by atoms with Crippen molar-refractivity contribution in [2.45, 2.75) is 33.7 Å². The number of nitrogens with one attached hydrogen (secondary N) is 1. The fourth-order valence-electron chi connectivity index (χ4n) is 1.42. The molecule has 1 amide bonds. The van der Waals surface area contributed by atoms with Gasteiger partial charge in [0.25, 0.3) is 0 Å². The first-order valence-electron chi connectivity index (χ1n) is 6.41. The molecule has 3 N–H and O–H groups in total. The monoisotopic (exact) mass is 279 g/mol. The van der Waals surface area contributed by atoms with Gasteiger partial charge in [-0.15, -0.1) is 0 Å². The van der Waals surface area contributed by atoms with Gasteiger partial charge in [-0.05, 0) is 30.3 Å². The zero-order chi connectivity index (χ0) is 14.4. The van der Waals surface area contributed by atoms with Gasteiger partial charge >= 0.3 is 0 Å². The van der Waals surface area contributed by atoms with Crippen LogP contribution in [-0.2, 0) is 11.3 Å². The number of carbonyl (C=O) groups excluding carboxylic acids is 1. The molecule has 0 aliphatic carbocycles. The Hall–Kier alpha value is -1.62. The van der Waals surface area contributed by atoms with Crippen molar-refractivity contribution in [2.75, 3.05) is 0 Å². The molecule has 0 saturated heterocycles. The second kappa shape index (κ2) is 7.09. The van der Waals surface area contributed by atoms with Crippen molar-refractivity contribution in [1.82, 2.24) is 9.55 Å². The number of imidazole rings is 1. The summed E-state index contributed by atoms with van der Waals surface area (Å²) in [6.07, 6.45) is 1.31. The Labute approximate surface area is 118 Å². The maximum absolute atomic E-state index is 10.8. The highest BCUT2D eigenvalue weighted by Gasteiger charge is 2.04. The molecule has 0 radical (unpaired) electrons. The maximum Gasteiger partial charge on any atom is 0.237 e. The van der Waals surface area contributed by atoms with Crippen molar-refractivity contribution < 1.29 is 4.79 Å². The molecule has 0 fully saturated rings. The van der Waals surface area contributed by atoms with E-state index >= 15 is 0 Å². The summed E-state index contributed by atoms with van der Waals surface area (Å²) in [6.45, 7) is 6.76. The van der Waals surface area contributed by atoms with Crippen LogP contribution >= 0.6 is 12.2 Å². The van der Waals surface area contributed by atoms with Gasteiger partial charge in [0.1, 0.15) is 6.54 Å². The van der Waals surface area contributed by atoms with Gasteiger partial charge in [0, 0.05) is 0 Å². The number of para-hydroxylation sites is 2. The molecule has 0 aliphatic heterocycles. The Morgan fingerprint density at radius 3 is 2.53 bits per heavy atom. The molecule has 19 heavy (non-hydrogen) atoms. The van der Waals surface area contributed by atoms with Crippen molar-refractivity contribution in [2.24, 2.45) is 11.7 Å². The number of benzene rings is 1. The van der Waals surface area contributed by atoms with Crippen LogP contribution in [0.3, 0.4) is 0 Å². The Morgan fingerprint density at radius 1 is 1.42 bits per heavy atom. The minimum absolute atomic E-state index is 0.114. The predicted molar refractivity (Wildman–Crippen MR) is 81.4 cm³/mol. The highest BCUT2D eigenvalue weighted by atomic mass is 32.1. The van der Waals surface area contributed by atoms with Gasteiger partial charge in [0.15, 0.2) is 4.77 Å². The van der Waals surface area contributed by atoms with Crippen LogP contribution in [0.5, 0.6) is 0 Å². The number of nitrogens with two attached hydrogens (primary N) is 1. The van der Waals surface area contributed by atoms with Gasteiger partial charge in [-0.3, -0.25) is 4.79 Å². The third-order valence-corrected chi connectivity index (χ3v) is 3.13. The summed E-state index contributed by atoms with van der Waals surface area (Å²) in [5.74, 6) is 0.487. The molecule has 0 unspecified atom stereocenters. The van der Waals surface area contributed by atoms with Crippen LogP contribution in [0.1, 0.15) is 27.2 Å². The molecule has 4 nitrogen and oxygen atoms in total. The Bertz CT molecular complexity index is 598. The molecule has 1 aromatic carbocycles. The Balaban J connectivity index is 0.000000312. The first kappa shape index (κ1) is 15.4. The smallest absolute Gasteiger partial charge is 0.237 e. The number of hydrogen-bond acceptors (Lipinski definition) is 2. The summed E-state index contributed by atoms with van der Waals surface area (Å²) in [5.41, 5.74) is 6.94. The molecule has 0 atom stereocenters. The third-order valence-electron chi connectivity index (χ3n) is 2.81. The normalized spacial score (nSPS) is 10.3. The molecule has 2 rings (SSSR count). The molecule has 104 valence electrons. The van der Waals surface area contributed by atoms with Crippen LogP contribution in [0.15, 0.2) is 24.3 Å². The van der Waals surface area contributed by atoms with E-state index in [0.717, 1.165) is 17.0 Å². The van der Waals surface area contributed by atoms with Crippen LogP contribution in [0.25, 0.3) is 11.0 Å². The minimum atomic E-state index is -0.397. The summed E-state index contributed by atoms with van der Waals surface area (Å²) in [6, 6.07) is 7.60. The Kier molecular flexibility index (Phi) is 5.76. The van der Waals surface area contributed by atoms with Gasteiger partial charge in [0.2, 0.25) is 5.91 Å². The second-order valence-electron chi connectivity index (χ2n) is 4.80. The zero-order valence-electron chi connectivity index (χ0n) is 11.6. The SMILES string of the molecule is CCC(C)C.NC(=O)Cn1c(=S)[nH]c2ccccc21. The molecule has 1 aromatic heterocycles. The minimum Gasteiger partial charge on any atom is -0.368 e. The van der Waals surface area contributed by atoms with E-state index < -0.39 is 5.91 Å². The van der Waals surface area contributed by atoms with Crippen LogP contribution in [-0.4, -0.2) is 15.5 Å². The van der Waals surface area contributed by atoms with Gasteiger partial charge < -0.3 is 15.3 Å². The lowest BCUT2D eigenvalue weighted by molar-refractivity contribution is -0.118. The first-order valence-corrected chi connectivity index (χ1v) is 6.82. The molecule has 2 aromatic rings. The van der Waals surface area contributed by atoms with Crippen molar-refractivity contribution in [3.8, 4) is 0 Å². The molecule has 5 heteroatoms. The fraction of sp³-hybridized carbons (Fsp3) is 0.429. The number of fused-ring (bicyclic) bond motifs is 1. The van der Waals surface area contributed by atoms with Gasteiger partial charge in [-0.1, -0.05) is 39.3 Å². The summed E-state index contributed by atoms with van der Waals surface area (Å²) in [7, 11) is 0. The fourth-order valence-corrected chi connectivity index (χ4v) is 1.69. The number of hydrogen-bond donors (Lipinski definition) is 2. The van der Waals surface area contributed by atoms with E-state index in [1.54, 1.807) is 4.57 Å².